The fourth-order valence-corrected chi connectivity index (χ4v) is 2.22. The lowest BCUT2D eigenvalue weighted by Crippen LogP contribution is -2.11. The molecule has 0 saturated heterocycles. The van der Waals surface area contributed by atoms with Gasteiger partial charge in [0, 0.05) is 11.8 Å². The van der Waals surface area contributed by atoms with E-state index >= 15 is 0 Å². The van der Waals surface area contributed by atoms with E-state index in [2.05, 4.69) is 10.1 Å². The summed E-state index contributed by atoms with van der Waals surface area (Å²) in [6, 6.07) is 7.19. The van der Waals surface area contributed by atoms with Gasteiger partial charge in [-0.1, -0.05) is 12.1 Å². The molecule has 3 aromatic rings. The number of aromatic nitrogens is 3. The Morgan fingerprint density at radius 3 is 2.88 bits per heavy atom. The van der Waals surface area contributed by atoms with Crippen LogP contribution in [0.25, 0.3) is 11.0 Å². The molecule has 1 aromatic carbocycles. The number of nitrogens with zero attached hydrogens (tertiary/aromatic N) is 3. The largest absolute Gasteiger partial charge is 0.515 e. The van der Waals surface area contributed by atoms with Crippen LogP contribution in [0, 0.1) is 11.6 Å². The molecule has 124 valence electrons. The van der Waals surface area contributed by atoms with Crippen LogP contribution in [0.15, 0.2) is 36.5 Å². The molecule has 2 aromatic heterocycles. The van der Waals surface area contributed by atoms with Crippen molar-refractivity contribution in [1.29, 1.82) is 0 Å². The normalized spacial score (nSPS) is 10.8. The molecule has 0 saturated carbocycles. The van der Waals surface area contributed by atoms with Crippen LogP contribution in [0.1, 0.15) is 12.5 Å². The molecule has 0 atom stereocenters. The number of ether oxygens (including phenoxy) is 2. The minimum Gasteiger partial charge on any atom is -0.434 e. The Labute approximate surface area is 135 Å². The first-order valence-electron chi connectivity index (χ1n) is 7.19. The number of hydrogen-bond acceptors (Lipinski definition) is 5. The van der Waals surface area contributed by atoms with Gasteiger partial charge in [0.15, 0.2) is 17.3 Å². The van der Waals surface area contributed by atoms with Crippen molar-refractivity contribution in [2.24, 2.45) is 0 Å². The van der Waals surface area contributed by atoms with E-state index in [1.807, 2.05) is 0 Å². The number of halogens is 2. The maximum Gasteiger partial charge on any atom is 0.515 e. The molecule has 0 N–H and O–H groups in total. The highest BCUT2D eigenvalue weighted by atomic mass is 19.2. The summed E-state index contributed by atoms with van der Waals surface area (Å²) in [5.41, 5.74) is 0.480. The van der Waals surface area contributed by atoms with Gasteiger partial charge in [0.1, 0.15) is 0 Å². The van der Waals surface area contributed by atoms with E-state index in [1.54, 1.807) is 19.1 Å². The second kappa shape index (κ2) is 6.61. The average molecular weight is 333 g/mol. The average Bonchev–Trinajstić information content (AvgIpc) is 2.90. The minimum atomic E-state index is -0.954. The highest BCUT2D eigenvalue weighted by molar-refractivity contribution is 5.83. The number of carbonyl (C=O) groups is 1. The molecule has 0 aliphatic heterocycles. The van der Waals surface area contributed by atoms with Gasteiger partial charge in [-0.25, -0.2) is 23.2 Å². The van der Waals surface area contributed by atoms with Gasteiger partial charge in [0.25, 0.3) is 5.88 Å². The molecular formula is C16H13F2N3O3. The molecule has 0 bridgehead atoms. The topological polar surface area (TPSA) is 66.2 Å². The summed E-state index contributed by atoms with van der Waals surface area (Å²) in [6.45, 7) is 1.74. The number of pyridine rings is 1. The van der Waals surface area contributed by atoms with Crippen LogP contribution in [-0.4, -0.2) is 27.5 Å². The monoisotopic (exact) mass is 333 g/mol. The lowest BCUT2D eigenvalue weighted by atomic mass is 10.2. The molecule has 0 aliphatic rings. The zero-order valence-electron chi connectivity index (χ0n) is 12.7. The van der Waals surface area contributed by atoms with Crippen molar-refractivity contribution >= 4 is 17.2 Å². The number of benzene rings is 1. The summed E-state index contributed by atoms with van der Waals surface area (Å²) in [6.07, 6.45) is 0.626. The second-order valence-electron chi connectivity index (χ2n) is 4.84. The molecule has 3 rings (SSSR count). The lowest BCUT2D eigenvalue weighted by Gasteiger charge is -2.05. The van der Waals surface area contributed by atoms with E-state index in [1.165, 1.54) is 23.0 Å². The van der Waals surface area contributed by atoms with E-state index in [-0.39, 0.29) is 24.6 Å². The summed E-state index contributed by atoms with van der Waals surface area (Å²) in [5, 5.41) is 4.58. The Hall–Kier alpha value is -3.03. The Morgan fingerprint density at radius 1 is 1.25 bits per heavy atom. The SMILES string of the molecule is CCOC(=O)Oc1nn(Cc2cccc(F)c2F)c2ncccc12. The molecule has 8 heteroatoms. The standard InChI is InChI=1S/C16H13F2N3O3/c1-2-23-16(22)24-15-11-6-4-8-19-14(11)21(20-15)9-10-5-3-7-12(17)13(10)18/h3-8H,2,9H2,1H3. The molecule has 0 fully saturated rings. The van der Waals surface area contributed by atoms with Gasteiger partial charge in [0.05, 0.1) is 18.5 Å². The highest BCUT2D eigenvalue weighted by Gasteiger charge is 2.18. The van der Waals surface area contributed by atoms with Crippen molar-refractivity contribution in [3.05, 3.63) is 53.7 Å². The Bertz CT molecular complexity index is 895. The first kappa shape index (κ1) is 15.9. The van der Waals surface area contributed by atoms with Gasteiger partial charge in [-0.05, 0) is 25.1 Å². The van der Waals surface area contributed by atoms with E-state index in [9.17, 15) is 13.6 Å². The van der Waals surface area contributed by atoms with Crippen LogP contribution in [0.4, 0.5) is 13.6 Å². The predicted octanol–water partition coefficient (Wildman–Crippen LogP) is 3.29. The third-order valence-corrected chi connectivity index (χ3v) is 3.27. The maximum atomic E-state index is 13.9. The zero-order chi connectivity index (χ0) is 17.1. The first-order valence-corrected chi connectivity index (χ1v) is 7.19. The summed E-state index contributed by atoms with van der Waals surface area (Å²) < 4.78 is 38.3. The van der Waals surface area contributed by atoms with Crippen LogP contribution >= 0.6 is 0 Å². The summed E-state index contributed by atoms with van der Waals surface area (Å²) in [7, 11) is 0. The fourth-order valence-electron chi connectivity index (χ4n) is 2.22. The molecule has 0 radical (unpaired) electrons. The Morgan fingerprint density at radius 2 is 2.08 bits per heavy atom. The summed E-state index contributed by atoms with van der Waals surface area (Å²) in [4.78, 5) is 15.7. The van der Waals surface area contributed by atoms with E-state index in [4.69, 9.17) is 9.47 Å². The van der Waals surface area contributed by atoms with Crippen molar-refractivity contribution in [2.75, 3.05) is 6.61 Å². The first-order chi connectivity index (χ1) is 11.6. The fraction of sp³-hybridized carbons (Fsp3) is 0.188. The number of hydrogen-bond donors (Lipinski definition) is 0. The second-order valence-corrected chi connectivity index (χ2v) is 4.84. The van der Waals surface area contributed by atoms with E-state index < -0.39 is 17.8 Å². The number of rotatable bonds is 4. The Balaban J connectivity index is 1.99. The molecule has 0 aliphatic carbocycles. The summed E-state index contributed by atoms with van der Waals surface area (Å²) in [5.74, 6) is -1.90. The number of carbonyl (C=O) groups excluding carboxylic acids is 1. The van der Waals surface area contributed by atoms with E-state index in [0.717, 1.165) is 6.07 Å². The van der Waals surface area contributed by atoms with Crippen molar-refractivity contribution < 1.29 is 23.0 Å². The molecule has 0 spiro atoms. The molecule has 24 heavy (non-hydrogen) atoms. The van der Waals surface area contributed by atoms with E-state index in [0.29, 0.717) is 11.0 Å². The van der Waals surface area contributed by atoms with Gasteiger partial charge < -0.3 is 9.47 Å². The van der Waals surface area contributed by atoms with Crippen LogP contribution < -0.4 is 4.74 Å². The van der Waals surface area contributed by atoms with Crippen molar-refractivity contribution in [2.45, 2.75) is 13.5 Å². The third-order valence-electron chi connectivity index (χ3n) is 3.27. The molecule has 0 unspecified atom stereocenters. The van der Waals surface area contributed by atoms with Gasteiger partial charge in [0.2, 0.25) is 0 Å². The van der Waals surface area contributed by atoms with Crippen LogP contribution in [0.2, 0.25) is 0 Å². The van der Waals surface area contributed by atoms with Crippen molar-refractivity contribution in [3.63, 3.8) is 0 Å². The minimum absolute atomic E-state index is 0.00615. The number of fused-ring (bicyclic) bond motifs is 1. The van der Waals surface area contributed by atoms with Gasteiger partial charge in [-0.15, -0.1) is 5.10 Å². The smallest absolute Gasteiger partial charge is 0.434 e. The van der Waals surface area contributed by atoms with Gasteiger partial charge in [-0.3, -0.25) is 0 Å². The third kappa shape index (κ3) is 3.03. The highest BCUT2D eigenvalue weighted by Crippen LogP contribution is 2.25. The zero-order valence-corrected chi connectivity index (χ0v) is 12.7. The molecule has 2 heterocycles. The Kier molecular flexibility index (Phi) is 4.37. The van der Waals surface area contributed by atoms with Gasteiger partial charge in [-0.2, -0.15) is 0 Å². The van der Waals surface area contributed by atoms with Crippen LogP contribution in [0.5, 0.6) is 5.88 Å². The quantitative estimate of drug-likeness (QED) is 0.686. The van der Waals surface area contributed by atoms with Crippen molar-refractivity contribution in [1.82, 2.24) is 14.8 Å². The predicted molar refractivity (Wildman–Crippen MR) is 80.6 cm³/mol. The summed E-state index contributed by atoms with van der Waals surface area (Å²) >= 11 is 0. The van der Waals surface area contributed by atoms with Crippen LogP contribution in [-0.2, 0) is 11.3 Å². The van der Waals surface area contributed by atoms with Crippen molar-refractivity contribution in [3.8, 4) is 5.88 Å². The van der Waals surface area contributed by atoms with Crippen LogP contribution in [0.3, 0.4) is 0 Å². The lowest BCUT2D eigenvalue weighted by molar-refractivity contribution is 0.103. The molecule has 6 nitrogen and oxygen atoms in total. The van der Waals surface area contributed by atoms with Gasteiger partial charge >= 0.3 is 6.16 Å². The maximum absolute atomic E-state index is 13.9. The molecular weight excluding hydrogens is 320 g/mol. The molecule has 0 amide bonds.